The van der Waals surface area contributed by atoms with Crippen LogP contribution in [0.15, 0.2) is 18.2 Å². The molecule has 0 saturated carbocycles. The van der Waals surface area contributed by atoms with Gasteiger partial charge >= 0.3 is 11.9 Å². The first-order chi connectivity index (χ1) is 6.86. The highest BCUT2D eigenvalue weighted by atomic mass is 16.4. The lowest BCUT2D eigenvalue weighted by molar-refractivity contribution is -0.159. The van der Waals surface area contributed by atoms with Gasteiger partial charge in [0.1, 0.15) is 5.75 Å². The molecule has 5 nitrogen and oxygen atoms in total. The van der Waals surface area contributed by atoms with Crippen LogP contribution < -0.4 is 0 Å². The molecule has 15 heavy (non-hydrogen) atoms. The molecule has 0 fully saturated rings. The van der Waals surface area contributed by atoms with Crippen molar-refractivity contribution in [1.29, 1.82) is 0 Å². The summed E-state index contributed by atoms with van der Waals surface area (Å²) in [5, 5.41) is 24.0. The third kappa shape index (κ3) is 4.66. The number of carbonyl (C=O) groups is 2. The standard InChI is InChI=1S/C8H10O.C2H2O4/c1-6-4-3-5-7(2)8(6)9;3-1(4)2(5)6/h3-5,9H,1-2H3;(H,3,4)(H,5,6). The molecular formula is C10H12O5. The summed E-state index contributed by atoms with van der Waals surface area (Å²) in [6, 6.07) is 5.72. The van der Waals surface area contributed by atoms with E-state index in [4.69, 9.17) is 19.8 Å². The second-order valence-corrected chi connectivity index (χ2v) is 2.85. The van der Waals surface area contributed by atoms with E-state index in [0.29, 0.717) is 5.75 Å². The number of aryl methyl sites for hydroxylation is 2. The number of phenolic OH excluding ortho intramolecular Hbond substituents is 1. The van der Waals surface area contributed by atoms with Gasteiger partial charge in [0, 0.05) is 0 Å². The molecule has 0 aliphatic carbocycles. The second-order valence-electron chi connectivity index (χ2n) is 2.85. The Hall–Kier alpha value is -2.04. The molecule has 0 atom stereocenters. The maximum atomic E-state index is 9.21. The summed E-state index contributed by atoms with van der Waals surface area (Å²) in [6.45, 7) is 3.78. The molecule has 0 aliphatic rings. The van der Waals surface area contributed by atoms with Gasteiger partial charge in [-0.3, -0.25) is 0 Å². The van der Waals surface area contributed by atoms with Gasteiger partial charge in [0.2, 0.25) is 0 Å². The van der Waals surface area contributed by atoms with Crippen LogP contribution in [0, 0.1) is 13.8 Å². The molecule has 1 aromatic rings. The van der Waals surface area contributed by atoms with E-state index in [1.807, 2.05) is 32.0 Å². The molecule has 0 radical (unpaired) electrons. The summed E-state index contributed by atoms with van der Waals surface area (Å²) in [6.07, 6.45) is 0. The molecule has 0 amide bonds. The maximum absolute atomic E-state index is 9.21. The van der Waals surface area contributed by atoms with Crippen LogP contribution in [0.25, 0.3) is 0 Å². The van der Waals surface area contributed by atoms with E-state index in [-0.39, 0.29) is 0 Å². The highest BCUT2D eigenvalue weighted by Crippen LogP contribution is 2.19. The van der Waals surface area contributed by atoms with Gasteiger partial charge in [-0.1, -0.05) is 18.2 Å². The van der Waals surface area contributed by atoms with Gasteiger partial charge in [-0.05, 0) is 25.0 Å². The smallest absolute Gasteiger partial charge is 0.414 e. The van der Waals surface area contributed by atoms with Crippen LogP contribution in [-0.2, 0) is 9.59 Å². The Kier molecular flexibility index (Phi) is 4.87. The summed E-state index contributed by atoms with van der Waals surface area (Å²) in [7, 11) is 0. The number of aliphatic carboxylic acids is 2. The van der Waals surface area contributed by atoms with Crippen molar-refractivity contribution in [3.05, 3.63) is 29.3 Å². The summed E-state index contributed by atoms with van der Waals surface area (Å²) in [5.41, 5.74) is 1.88. The van der Waals surface area contributed by atoms with E-state index in [1.54, 1.807) is 0 Å². The predicted octanol–water partition coefficient (Wildman–Crippen LogP) is 1.16. The van der Waals surface area contributed by atoms with E-state index in [0.717, 1.165) is 11.1 Å². The van der Waals surface area contributed by atoms with Crippen LogP contribution in [0.3, 0.4) is 0 Å². The molecule has 0 heterocycles. The number of carboxylic acids is 2. The molecule has 0 aromatic heterocycles. The van der Waals surface area contributed by atoms with Gasteiger partial charge in [0.05, 0.1) is 0 Å². The maximum Gasteiger partial charge on any atom is 0.414 e. The number of phenols is 1. The molecule has 5 heteroatoms. The second kappa shape index (κ2) is 5.64. The van der Waals surface area contributed by atoms with Crippen molar-refractivity contribution in [3.63, 3.8) is 0 Å². The van der Waals surface area contributed by atoms with E-state index in [9.17, 15) is 5.11 Å². The van der Waals surface area contributed by atoms with Crippen LogP contribution in [0.1, 0.15) is 11.1 Å². The molecular weight excluding hydrogens is 200 g/mol. The van der Waals surface area contributed by atoms with Crippen LogP contribution in [0.2, 0.25) is 0 Å². The lowest BCUT2D eigenvalue weighted by atomic mass is 10.1. The summed E-state index contributed by atoms with van der Waals surface area (Å²) in [4.78, 5) is 18.2. The summed E-state index contributed by atoms with van der Waals surface area (Å²) < 4.78 is 0. The van der Waals surface area contributed by atoms with Gasteiger partial charge in [0.15, 0.2) is 0 Å². The van der Waals surface area contributed by atoms with Crippen molar-refractivity contribution in [1.82, 2.24) is 0 Å². The first-order valence-corrected chi connectivity index (χ1v) is 4.07. The zero-order valence-electron chi connectivity index (χ0n) is 8.39. The largest absolute Gasteiger partial charge is 0.507 e. The number of aromatic hydroxyl groups is 1. The summed E-state index contributed by atoms with van der Waals surface area (Å²) in [5.74, 6) is -3.23. The van der Waals surface area contributed by atoms with Crippen molar-refractivity contribution in [3.8, 4) is 5.75 Å². The number of hydrogen-bond donors (Lipinski definition) is 3. The zero-order chi connectivity index (χ0) is 12.0. The van der Waals surface area contributed by atoms with Crippen molar-refractivity contribution in [2.45, 2.75) is 13.8 Å². The van der Waals surface area contributed by atoms with Crippen LogP contribution >= 0.6 is 0 Å². The number of para-hydroxylation sites is 1. The molecule has 0 aliphatic heterocycles. The monoisotopic (exact) mass is 212 g/mol. The Morgan fingerprint density at radius 3 is 1.53 bits per heavy atom. The fourth-order valence-corrected chi connectivity index (χ4v) is 0.806. The van der Waals surface area contributed by atoms with Crippen molar-refractivity contribution in [2.75, 3.05) is 0 Å². The lowest BCUT2D eigenvalue weighted by Crippen LogP contribution is -2.09. The van der Waals surface area contributed by atoms with Gasteiger partial charge in [-0.25, -0.2) is 9.59 Å². The molecule has 0 saturated heterocycles. The number of rotatable bonds is 0. The Morgan fingerprint density at radius 1 is 1.00 bits per heavy atom. The minimum Gasteiger partial charge on any atom is -0.507 e. The van der Waals surface area contributed by atoms with E-state index in [1.165, 1.54) is 0 Å². The zero-order valence-corrected chi connectivity index (χ0v) is 8.39. The van der Waals surface area contributed by atoms with Crippen LogP contribution in [0.5, 0.6) is 5.75 Å². The Morgan fingerprint density at radius 2 is 1.33 bits per heavy atom. The minimum atomic E-state index is -1.82. The van der Waals surface area contributed by atoms with E-state index < -0.39 is 11.9 Å². The van der Waals surface area contributed by atoms with Crippen molar-refractivity contribution >= 4 is 11.9 Å². The van der Waals surface area contributed by atoms with E-state index >= 15 is 0 Å². The van der Waals surface area contributed by atoms with Gasteiger partial charge in [-0.15, -0.1) is 0 Å². The quantitative estimate of drug-likeness (QED) is 0.561. The average Bonchev–Trinajstić information content (AvgIpc) is 2.15. The third-order valence-electron chi connectivity index (χ3n) is 1.62. The fraction of sp³-hybridized carbons (Fsp3) is 0.200. The first-order valence-electron chi connectivity index (χ1n) is 4.07. The molecule has 1 aromatic carbocycles. The highest BCUT2D eigenvalue weighted by molar-refractivity contribution is 6.27. The topological polar surface area (TPSA) is 94.8 Å². The minimum absolute atomic E-state index is 0.414. The SMILES string of the molecule is Cc1cccc(C)c1O.O=C(O)C(=O)O. The number of carboxylic acid groups (broad SMARTS) is 2. The highest BCUT2D eigenvalue weighted by Gasteiger charge is 2.04. The Bertz CT molecular complexity index is 338. The average molecular weight is 212 g/mol. The lowest BCUT2D eigenvalue weighted by Gasteiger charge is -1.99. The molecule has 1 rings (SSSR count). The first kappa shape index (κ1) is 13.0. The fourth-order valence-electron chi connectivity index (χ4n) is 0.806. The Labute approximate surface area is 86.6 Å². The molecule has 0 unspecified atom stereocenters. The molecule has 0 spiro atoms. The predicted molar refractivity (Wildman–Crippen MR) is 52.9 cm³/mol. The number of benzene rings is 1. The molecule has 0 bridgehead atoms. The normalized spacial score (nSPS) is 8.67. The molecule has 3 N–H and O–H groups in total. The van der Waals surface area contributed by atoms with Crippen molar-refractivity contribution in [2.24, 2.45) is 0 Å². The van der Waals surface area contributed by atoms with Crippen LogP contribution in [-0.4, -0.2) is 27.3 Å². The van der Waals surface area contributed by atoms with Crippen molar-refractivity contribution < 1.29 is 24.9 Å². The number of hydrogen-bond acceptors (Lipinski definition) is 3. The van der Waals surface area contributed by atoms with Gasteiger partial charge in [-0.2, -0.15) is 0 Å². The molecule has 82 valence electrons. The third-order valence-corrected chi connectivity index (χ3v) is 1.62. The Balaban J connectivity index is 0.000000288. The van der Waals surface area contributed by atoms with Gasteiger partial charge in [0.25, 0.3) is 0 Å². The summed E-state index contributed by atoms with van der Waals surface area (Å²) >= 11 is 0. The van der Waals surface area contributed by atoms with Gasteiger partial charge < -0.3 is 15.3 Å². The van der Waals surface area contributed by atoms with E-state index in [2.05, 4.69) is 0 Å². The van der Waals surface area contributed by atoms with Crippen LogP contribution in [0.4, 0.5) is 0 Å².